The number of rotatable bonds is 5. The second-order valence-corrected chi connectivity index (χ2v) is 9.73. The average Bonchev–Trinajstić information content (AvgIpc) is 2.79. The van der Waals surface area contributed by atoms with Crippen LogP contribution in [0.2, 0.25) is 0 Å². The maximum Gasteiger partial charge on any atom is 0.236 e. The number of nitrogens with zero attached hydrogens (tertiary/aromatic N) is 5. The molecule has 31 heavy (non-hydrogen) atoms. The SMILES string of the molecule is Cc1ccc(/C=C/S(=O)(=O)N2CCN(c3nc(C)cc(N4CCOCC4)n3)CC2)cc1. The minimum absolute atomic E-state index is 0.408. The second kappa shape index (κ2) is 9.33. The van der Waals surface area contributed by atoms with Crippen LogP contribution in [0.3, 0.4) is 0 Å². The van der Waals surface area contributed by atoms with Crippen LogP contribution in [-0.4, -0.2) is 75.2 Å². The normalized spacial score (nSPS) is 18.6. The maximum atomic E-state index is 12.8. The summed E-state index contributed by atoms with van der Waals surface area (Å²) in [5.41, 5.74) is 2.92. The highest BCUT2D eigenvalue weighted by Crippen LogP contribution is 2.21. The molecule has 9 heteroatoms. The summed E-state index contributed by atoms with van der Waals surface area (Å²) < 4.78 is 32.5. The molecule has 2 aliphatic rings. The lowest BCUT2D eigenvalue weighted by Crippen LogP contribution is -2.48. The van der Waals surface area contributed by atoms with Crippen LogP contribution >= 0.6 is 0 Å². The molecule has 0 radical (unpaired) electrons. The van der Waals surface area contributed by atoms with E-state index in [4.69, 9.17) is 9.72 Å². The predicted octanol–water partition coefficient (Wildman–Crippen LogP) is 2.05. The Balaban J connectivity index is 1.41. The quantitative estimate of drug-likeness (QED) is 0.700. The van der Waals surface area contributed by atoms with Crippen LogP contribution in [0.25, 0.3) is 6.08 Å². The van der Waals surface area contributed by atoms with E-state index in [9.17, 15) is 8.42 Å². The number of aryl methyl sites for hydroxylation is 2. The van der Waals surface area contributed by atoms with E-state index in [-0.39, 0.29) is 0 Å². The third-order valence-corrected chi connectivity index (χ3v) is 7.12. The van der Waals surface area contributed by atoms with E-state index >= 15 is 0 Å². The molecule has 0 atom stereocenters. The van der Waals surface area contributed by atoms with Gasteiger partial charge in [0.1, 0.15) is 5.82 Å². The van der Waals surface area contributed by atoms with Crippen molar-refractivity contribution in [1.29, 1.82) is 0 Å². The number of morpholine rings is 1. The van der Waals surface area contributed by atoms with Crippen LogP contribution in [0.15, 0.2) is 35.7 Å². The Hall–Kier alpha value is -2.49. The fraction of sp³-hybridized carbons (Fsp3) is 0.455. The molecule has 8 nitrogen and oxygen atoms in total. The summed E-state index contributed by atoms with van der Waals surface area (Å²) >= 11 is 0. The van der Waals surface area contributed by atoms with E-state index < -0.39 is 10.0 Å². The number of sulfonamides is 1. The van der Waals surface area contributed by atoms with Gasteiger partial charge >= 0.3 is 0 Å². The van der Waals surface area contributed by atoms with Crippen molar-refractivity contribution in [3.05, 3.63) is 52.6 Å². The van der Waals surface area contributed by atoms with E-state index in [1.165, 1.54) is 9.71 Å². The lowest BCUT2D eigenvalue weighted by atomic mass is 10.2. The number of hydrogen-bond acceptors (Lipinski definition) is 7. The summed E-state index contributed by atoms with van der Waals surface area (Å²) in [6.45, 7) is 8.93. The Morgan fingerprint density at radius 2 is 1.58 bits per heavy atom. The molecule has 0 spiro atoms. The van der Waals surface area contributed by atoms with Gasteiger partial charge < -0.3 is 14.5 Å². The molecule has 1 aromatic carbocycles. The Labute approximate surface area is 184 Å². The van der Waals surface area contributed by atoms with Gasteiger partial charge in [0.2, 0.25) is 16.0 Å². The van der Waals surface area contributed by atoms with E-state index in [0.717, 1.165) is 35.7 Å². The molecule has 0 saturated carbocycles. The molecular weight excluding hydrogens is 414 g/mol. The van der Waals surface area contributed by atoms with Crippen molar-refractivity contribution in [3.63, 3.8) is 0 Å². The highest BCUT2D eigenvalue weighted by molar-refractivity contribution is 7.92. The van der Waals surface area contributed by atoms with Gasteiger partial charge in [-0.15, -0.1) is 0 Å². The van der Waals surface area contributed by atoms with Crippen LogP contribution in [0.5, 0.6) is 0 Å². The van der Waals surface area contributed by atoms with Crippen LogP contribution in [0.4, 0.5) is 11.8 Å². The lowest BCUT2D eigenvalue weighted by molar-refractivity contribution is 0.122. The molecule has 0 bridgehead atoms. The third kappa shape index (κ3) is 5.41. The highest BCUT2D eigenvalue weighted by atomic mass is 32.2. The molecule has 2 saturated heterocycles. The molecule has 2 aliphatic heterocycles. The van der Waals surface area contributed by atoms with Crippen molar-refractivity contribution in [2.45, 2.75) is 13.8 Å². The third-order valence-electron chi connectivity index (χ3n) is 5.56. The van der Waals surface area contributed by atoms with E-state index in [0.29, 0.717) is 45.3 Å². The van der Waals surface area contributed by atoms with E-state index in [1.807, 2.05) is 44.2 Å². The number of aromatic nitrogens is 2. The van der Waals surface area contributed by atoms with Crippen molar-refractivity contribution in [3.8, 4) is 0 Å². The summed E-state index contributed by atoms with van der Waals surface area (Å²) in [5.74, 6) is 1.57. The smallest absolute Gasteiger partial charge is 0.236 e. The fourth-order valence-corrected chi connectivity index (χ4v) is 4.88. The molecule has 4 rings (SSSR count). The van der Waals surface area contributed by atoms with Crippen LogP contribution in [0, 0.1) is 13.8 Å². The minimum Gasteiger partial charge on any atom is -0.378 e. The standard InChI is InChI=1S/C22H29N5O3S/c1-18-3-5-20(6-4-18)7-16-31(28,29)27-10-8-26(9-11-27)22-23-19(2)17-21(24-22)25-12-14-30-15-13-25/h3-7,16-17H,8-15H2,1-2H3/b16-7+. The molecule has 166 valence electrons. The number of hydrogen-bond donors (Lipinski definition) is 0. The number of piperazine rings is 1. The predicted molar refractivity (Wildman–Crippen MR) is 123 cm³/mol. The van der Waals surface area contributed by atoms with Crippen LogP contribution < -0.4 is 9.80 Å². The Bertz CT molecular complexity index is 1030. The summed E-state index contributed by atoms with van der Waals surface area (Å²) in [7, 11) is -3.47. The number of ether oxygens (including phenoxy) is 1. The van der Waals surface area contributed by atoms with Gasteiger partial charge in [0.15, 0.2) is 0 Å². The zero-order valence-electron chi connectivity index (χ0n) is 18.1. The van der Waals surface area contributed by atoms with Gasteiger partial charge in [-0.05, 0) is 25.5 Å². The minimum atomic E-state index is -3.47. The van der Waals surface area contributed by atoms with Gasteiger partial charge in [0.25, 0.3) is 0 Å². The first-order chi connectivity index (χ1) is 14.9. The Morgan fingerprint density at radius 3 is 2.26 bits per heavy atom. The van der Waals surface area contributed by atoms with E-state index in [1.54, 1.807) is 6.08 Å². The number of anilines is 2. The molecule has 1 aromatic heterocycles. The molecule has 0 aliphatic carbocycles. The number of benzene rings is 1. The zero-order valence-corrected chi connectivity index (χ0v) is 18.9. The molecule has 0 unspecified atom stereocenters. The Kier molecular flexibility index (Phi) is 6.54. The first kappa shape index (κ1) is 21.7. The van der Waals surface area contributed by atoms with Crippen molar-refractivity contribution >= 4 is 27.9 Å². The van der Waals surface area contributed by atoms with Crippen molar-refractivity contribution in [1.82, 2.24) is 14.3 Å². The zero-order chi connectivity index (χ0) is 21.8. The van der Waals surface area contributed by atoms with Crippen molar-refractivity contribution in [2.75, 3.05) is 62.3 Å². The summed E-state index contributed by atoms with van der Waals surface area (Å²) in [4.78, 5) is 13.6. The monoisotopic (exact) mass is 443 g/mol. The molecule has 0 N–H and O–H groups in total. The molecule has 0 amide bonds. The molecule has 2 aromatic rings. The van der Waals surface area contributed by atoms with E-state index in [2.05, 4.69) is 14.8 Å². The summed E-state index contributed by atoms with van der Waals surface area (Å²) in [6.07, 6.45) is 1.65. The largest absolute Gasteiger partial charge is 0.378 e. The maximum absolute atomic E-state index is 12.8. The van der Waals surface area contributed by atoms with Crippen LogP contribution in [-0.2, 0) is 14.8 Å². The molecule has 3 heterocycles. The first-order valence-corrected chi connectivity index (χ1v) is 12.1. The summed E-state index contributed by atoms with van der Waals surface area (Å²) in [5, 5.41) is 1.30. The van der Waals surface area contributed by atoms with Gasteiger partial charge in [0.05, 0.1) is 13.2 Å². The van der Waals surface area contributed by atoms with Gasteiger partial charge in [-0.1, -0.05) is 29.8 Å². The van der Waals surface area contributed by atoms with Gasteiger partial charge in [0, 0.05) is 56.4 Å². The average molecular weight is 444 g/mol. The summed E-state index contributed by atoms with van der Waals surface area (Å²) in [6, 6.07) is 9.77. The topological polar surface area (TPSA) is 78.9 Å². The lowest BCUT2D eigenvalue weighted by Gasteiger charge is -2.34. The highest BCUT2D eigenvalue weighted by Gasteiger charge is 2.27. The van der Waals surface area contributed by atoms with Gasteiger partial charge in [-0.3, -0.25) is 0 Å². The van der Waals surface area contributed by atoms with Crippen molar-refractivity contribution < 1.29 is 13.2 Å². The first-order valence-electron chi connectivity index (χ1n) is 10.6. The molecular formula is C22H29N5O3S. The van der Waals surface area contributed by atoms with Gasteiger partial charge in [-0.2, -0.15) is 9.29 Å². The molecule has 2 fully saturated rings. The Morgan fingerprint density at radius 1 is 0.903 bits per heavy atom. The second-order valence-electron chi connectivity index (χ2n) is 7.91. The fourth-order valence-electron chi connectivity index (χ4n) is 3.70. The van der Waals surface area contributed by atoms with Crippen molar-refractivity contribution in [2.24, 2.45) is 0 Å². The van der Waals surface area contributed by atoms with Gasteiger partial charge in [-0.25, -0.2) is 13.4 Å². The van der Waals surface area contributed by atoms with Crippen LogP contribution in [0.1, 0.15) is 16.8 Å².